The molecule has 9 heteroatoms. The number of rotatable bonds is 3. The summed E-state index contributed by atoms with van der Waals surface area (Å²) in [6.45, 7) is 1.70. The highest BCUT2D eigenvalue weighted by Crippen LogP contribution is 2.27. The minimum absolute atomic E-state index is 0. The van der Waals surface area contributed by atoms with E-state index in [9.17, 15) is 9.18 Å². The fourth-order valence-corrected chi connectivity index (χ4v) is 3.59. The van der Waals surface area contributed by atoms with Gasteiger partial charge in [0.1, 0.15) is 11.6 Å². The average molecular weight is 416 g/mol. The molecule has 4 rings (SSSR count). The number of fused-ring (bicyclic) bond motifs is 1. The number of anilines is 1. The number of nitrogens with zero attached hydrogens (tertiary/aromatic N) is 3. The molecule has 3 heterocycles. The number of halogens is 3. The van der Waals surface area contributed by atoms with Gasteiger partial charge in [-0.2, -0.15) is 0 Å². The van der Waals surface area contributed by atoms with Gasteiger partial charge in [-0.25, -0.2) is 4.39 Å². The first-order valence-corrected chi connectivity index (χ1v) is 8.98. The summed E-state index contributed by atoms with van der Waals surface area (Å²) >= 11 is 0. The van der Waals surface area contributed by atoms with Crippen LogP contribution >= 0.6 is 24.8 Å². The van der Waals surface area contributed by atoms with Crippen LogP contribution in [-0.2, 0) is 17.8 Å². The molecule has 1 amide bonds. The molecular formula is C18H24Cl2FN5O. The van der Waals surface area contributed by atoms with Crippen molar-refractivity contribution < 1.29 is 9.18 Å². The van der Waals surface area contributed by atoms with Crippen LogP contribution in [0, 0.1) is 5.82 Å². The minimum atomic E-state index is -0.439. The Bertz CT molecular complexity index is 792. The van der Waals surface area contributed by atoms with Crippen LogP contribution in [0.4, 0.5) is 10.1 Å². The number of carbonyl (C=O) groups is 1. The summed E-state index contributed by atoms with van der Waals surface area (Å²) in [6.07, 6.45) is 6.07. The Morgan fingerprint density at radius 2 is 2.04 bits per heavy atom. The van der Waals surface area contributed by atoms with Gasteiger partial charge in [-0.05, 0) is 50.4 Å². The lowest BCUT2D eigenvalue weighted by Crippen LogP contribution is -2.35. The third-order valence-electron chi connectivity index (χ3n) is 4.97. The van der Waals surface area contributed by atoms with Crippen molar-refractivity contribution >= 4 is 36.4 Å². The van der Waals surface area contributed by atoms with Crippen LogP contribution in [0.15, 0.2) is 18.2 Å². The van der Waals surface area contributed by atoms with E-state index in [2.05, 4.69) is 25.4 Å². The fraction of sp³-hybridized carbons (Fsp3) is 0.500. The van der Waals surface area contributed by atoms with Crippen LogP contribution in [-0.4, -0.2) is 33.3 Å². The van der Waals surface area contributed by atoms with E-state index >= 15 is 0 Å². The molecule has 1 saturated heterocycles. The van der Waals surface area contributed by atoms with Crippen LogP contribution in [0.5, 0.6) is 0 Å². The SMILES string of the molecule is Cl.Cl.O=C(Nc1cc(-c2nnc3n2CCCCC3)ccc1F)C1CCCN1. The van der Waals surface area contributed by atoms with Crippen molar-refractivity contribution in [2.75, 3.05) is 11.9 Å². The van der Waals surface area contributed by atoms with Gasteiger partial charge >= 0.3 is 0 Å². The molecule has 0 aliphatic carbocycles. The number of hydrogen-bond donors (Lipinski definition) is 2. The highest BCUT2D eigenvalue weighted by atomic mass is 35.5. The standard InChI is InChI=1S/C18H22FN5O.2ClH/c19-13-8-7-12(11-15(13)21-18(25)14-5-4-9-20-14)17-23-22-16-6-2-1-3-10-24(16)17;;/h7-8,11,14,20H,1-6,9-10H2,(H,21,25);2*1H. The van der Waals surface area contributed by atoms with E-state index in [0.717, 1.165) is 62.4 Å². The molecule has 0 bridgehead atoms. The molecule has 1 fully saturated rings. The van der Waals surface area contributed by atoms with Crippen molar-refractivity contribution in [3.63, 3.8) is 0 Å². The zero-order valence-corrected chi connectivity index (χ0v) is 16.5. The molecule has 0 saturated carbocycles. The summed E-state index contributed by atoms with van der Waals surface area (Å²) < 4.78 is 16.3. The third-order valence-corrected chi connectivity index (χ3v) is 4.97. The normalized spacial score (nSPS) is 18.6. The van der Waals surface area contributed by atoms with Crippen LogP contribution in [0.1, 0.15) is 37.9 Å². The van der Waals surface area contributed by atoms with Crippen molar-refractivity contribution in [2.24, 2.45) is 0 Å². The molecule has 2 aliphatic heterocycles. The molecule has 2 aliphatic rings. The van der Waals surface area contributed by atoms with E-state index < -0.39 is 5.82 Å². The monoisotopic (exact) mass is 415 g/mol. The van der Waals surface area contributed by atoms with Gasteiger partial charge in [-0.1, -0.05) is 6.42 Å². The summed E-state index contributed by atoms with van der Waals surface area (Å²) in [5.74, 6) is 1.10. The van der Waals surface area contributed by atoms with Gasteiger partial charge in [-0.3, -0.25) is 4.79 Å². The van der Waals surface area contributed by atoms with E-state index in [1.165, 1.54) is 12.5 Å². The number of amides is 1. The summed E-state index contributed by atoms with van der Waals surface area (Å²) in [5, 5.41) is 14.4. The molecule has 0 spiro atoms. The summed E-state index contributed by atoms with van der Waals surface area (Å²) in [7, 11) is 0. The Labute approximate surface area is 170 Å². The van der Waals surface area contributed by atoms with E-state index in [-0.39, 0.29) is 42.5 Å². The molecule has 6 nitrogen and oxygen atoms in total. The molecule has 0 radical (unpaired) electrons. The zero-order chi connectivity index (χ0) is 17.2. The molecule has 1 aromatic carbocycles. The van der Waals surface area contributed by atoms with Gasteiger partial charge in [0.15, 0.2) is 5.82 Å². The van der Waals surface area contributed by atoms with Crippen LogP contribution in [0.3, 0.4) is 0 Å². The minimum Gasteiger partial charge on any atom is -0.322 e. The second-order valence-corrected chi connectivity index (χ2v) is 6.73. The van der Waals surface area contributed by atoms with Crippen LogP contribution < -0.4 is 10.6 Å². The fourth-order valence-electron chi connectivity index (χ4n) is 3.59. The molecule has 148 valence electrons. The molecule has 1 unspecified atom stereocenters. The first-order valence-electron chi connectivity index (χ1n) is 8.98. The largest absolute Gasteiger partial charge is 0.322 e. The van der Waals surface area contributed by atoms with Crippen molar-refractivity contribution in [3.05, 3.63) is 29.8 Å². The molecule has 1 atom stereocenters. The number of carbonyl (C=O) groups excluding carboxylic acids is 1. The summed E-state index contributed by atoms with van der Waals surface area (Å²) in [5.41, 5.74) is 0.971. The first-order chi connectivity index (χ1) is 12.2. The van der Waals surface area contributed by atoms with Crippen molar-refractivity contribution in [1.82, 2.24) is 20.1 Å². The van der Waals surface area contributed by atoms with Crippen molar-refractivity contribution in [1.29, 1.82) is 0 Å². The second-order valence-electron chi connectivity index (χ2n) is 6.73. The predicted octanol–water partition coefficient (Wildman–Crippen LogP) is 3.34. The van der Waals surface area contributed by atoms with Gasteiger partial charge < -0.3 is 15.2 Å². The van der Waals surface area contributed by atoms with Gasteiger partial charge in [0.25, 0.3) is 0 Å². The highest BCUT2D eigenvalue weighted by molar-refractivity contribution is 5.95. The third kappa shape index (κ3) is 4.59. The van der Waals surface area contributed by atoms with Gasteiger partial charge in [0.2, 0.25) is 5.91 Å². The average Bonchev–Trinajstić information content (AvgIpc) is 3.23. The van der Waals surface area contributed by atoms with Crippen LogP contribution in [0.25, 0.3) is 11.4 Å². The molecule has 27 heavy (non-hydrogen) atoms. The number of aryl methyl sites for hydroxylation is 1. The Balaban J connectivity index is 0.00000131. The Morgan fingerprint density at radius 1 is 1.19 bits per heavy atom. The van der Waals surface area contributed by atoms with Gasteiger partial charge in [-0.15, -0.1) is 35.0 Å². The maximum atomic E-state index is 14.2. The first kappa shape index (κ1) is 21.6. The van der Waals surface area contributed by atoms with Crippen molar-refractivity contribution in [2.45, 2.75) is 51.1 Å². The summed E-state index contributed by atoms with van der Waals surface area (Å²) in [6, 6.07) is 4.49. The Hall–Kier alpha value is -1.70. The number of nitrogens with one attached hydrogen (secondary N) is 2. The van der Waals surface area contributed by atoms with Crippen molar-refractivity contribution in [3.8, 4) is 11.4 Å². The maximum absolute atomic E-state index is 14.2. The Morgan fingerprint density at radius 3 is 2.81 bits per heavy atom. The molecule has 2 N–H and O–H groups in total. The lowest BCUT2D eigenvalue weighted by atomic mass is 10.1. The quantitative estimate of drug-likeness (QED) is 0.805. The van der Waals surface area contributed by atoms with E-state index in [1.807, 2.05) is 0 Å². The number of aromatic nitrogens is 3. The number of hydrogen-bond acceptors (Lipinski definition) is 4. The molecular weight excluding hydrogens is 392 g/mol. The smallest absolute Gasteiger partial charge is 0.241 e. The Kier molecular flexibility index (Phi) is 7.59. The van der Waals surface area contributed by atoms with Crippen LogP contribution in [0.2, 0.25) is 0 Å². The van der Waals surface area contributed by atoms with Gasteiger partial charge in [0, 0.05) is 18.5 Å². The van der Waals surface area contributed by atoms with E-state index in [1.54, 1.807) is 12.1 Å². The topological polar surface area (TPSA) is 71.8 Å². The van der Waals surface area contributed by atoms with Gasteiger partial charge in [0.05, 0.1) is 11.7 Å². The van der Waals surface area contributed by atoms with E-state index in [0.29, 0.717) is 0 Å². The lowest BCUT2D eigenvalue weighted by Gasteiger charge is -2.13. The van der Waals surface area contributed by atoms with E-state index in [4.69, 9.17) is 0 Å². The number of benzene rings is 1. The highest BCUT2D eigenvalue weighted by Gasteiger charge is 2.23. The molecule has 2 aromatic rings. The zero-order valence-electron chi connectivity index (χ0n) is 14.9. The lowest BCUT2D eigenvalue weighted by molar-refractivity contribution is -0.117. The maximum Gasteiger partial charge on any atom is 0.241 e. The second kappa shape index (κ2) is 9.48. The molecule has 1 aromatic heterocycles. The predicted molar refractivity (Wildman–Crippen MR) is 107 cm³/mol. The summed E-state index contributed by atoms with van der Waals surface area (Å²) in [4.78, 5) is 12.3.